The summed E-state index contributed by atoms with van der Waals surface area (Å²) in [4.78, 5) is 2.08. The molecule has 0 amide bonds. The van der Waals surface area contributed by atoms with Gasteiger partial charge >= 0.3 is 6.18 Å². The summed E-state index contributed by atoms with van der Waals surface area (Å²) in [6.45, 7) is 4.66. The average molecular weight is 414 g/mol. The molecule has 1 heterocycles. The first-order valence-electron chi connectivity index (χ1n) is 10.2. The molecule has 3 aromatic carbocycles. The number of hydrogen-bond donors (Lipinski definition) is 1. The van der Waals surface area contributed by atoms with Crippen LogP contribution in [0.15, 0.2) is 66.7 Å². The number of fused-ring (bicyclic) bond motifs is 1. The number of morpholine rings is 1. The lowest BCUT2D eigenvalue weighted by Crippen LogP contribution is -2.47. The zero-order valence-corrected chi connectivity index (χ0v) is 16.8. The Morgan fingerprint density at radius 3 is 2.53 bits per heavy atom. The van der Waals surface area contributed by atoms with E-state index in [4.69, 9.17) is 4.74 Å². The molecule has 0 bridgehead atoms. The van der Waals surface area contributed by atoms with E-state index in [1.165, 1.54) is 28.5 Å². The number of benzene rings is 3. The zero-order chi connectivity index (χ0) is 21.1. The van der Waals surface area contributed by atoms with Crippen LogP contribution in [0.25, 0.3) is 10.8 Å². The summed E-state index contributed by atoms with van der Waals surface area (Å²) in [6, 6.07) is 20.1. The van der Waals surface area contributed by atoms with E-state index in [1.54, 1.807) is 0 Å². The predicted octanol–water partition coefficient (Wildman–Crippen LogP) is 5.41. The van der Waals surface area contributed by atoms with E-state index >= 15 is 0 Å². The maximum Gasteiger partial charge on any atom is 0.416 e. The maximum absolute atomic E-state index is 12.8. The zero-order valence-electron chi connectivity index (χ0n) is 16.8. The molecular formula is C24H25F3N2O. The molecule has 0 spiro atoms. The Morgan fingerprint density at radius 1 is 1.03 bits per heavy atom. The van der Waals surface area contributed by atoms with E-state index in [1.807, 2.05) is 12.1 Å². The molecule has 3 aromatic rings. The molecular weight excluding hydrogens is 389 g/mol. The van der Waals surface area contributed by atoms with Gasteiger partial charge in [-0.05, 0) is 47.5 Å². The van der Waals surface area contributed by atoms with Crippen molar-refractivity contribution in [2.45, 2.75) is 25.2 Å². The van der Waals surface area contributed by atoms with E-state index in [2.05, 4.69) is 47.5 Å². The Balaban J connectivity index is 1.38. The van der Waals surface area contributed by atoms with Gasteiger partial charge in [-0.15, -0.1) is 0 Å². The van der Waals surface area contributed by atoms with E-state index in [0.717, 1.165) is 17.8 Å². The smallest absolute Gasteiger partial charge is 0.373 e. The molecule has 1 N–H and O–H groups in total. The van der Waals surface area contributed by atoms with Crippen molar-refractivity contribution in [3.05, 3.63) is 77.9 Å². The summed E-state index contributed by atoms with van der Waals surface area (Å²) >= 11 is 0. The molecule has 0 saturated carbocycles. The van der Waals surface area contributed by atoms with Gasteiger partial charge in [0.1, 0.15) is 0 Å². The van der Waals surface area contributed by atoms with Gasteiger partial charge in [-0.2, -0.15) is 13.2 Å². The molecule has 4 rings (SSSR count). The van der Waals surface area contributed by atoms with Crippen LogP contribution >= 0.6 is 0 Å². The van der Waals surface area contributed by atoms with Crippen LogP contribution in [0.3, 0.4) is 0 Å². The van der Waals surface area contributed by atoms with Crippen molar-refractivity contribution in [2.75, 3.05) is 31.1 Å². The maximum atomic E-state index is 12.8. The Bertz CT molecular complexity index is 982. The SMILES string of the molecule is CC(NCC1CN(c2ccc(C(F)(F)F)cc2)CCO1)c1cccc2ccccc12. The number of nitrogens with zero attached hydrogens (tertiary/aromatic N) is 1. The molecule has 1 aliphatic heterocycles. The second kappa shape index (κ2) is 8.66. The summed E-state index contributed by atoms with van der Waals surface area (Å²) in [5, 5.41) is 6.01. The predicted molar refractivity (Wildman–Crippen MR) is 114 cm³/mol. The number of halogens is 3. The molecule has 0 aromatic heterocycles. The lowest BCUT2D eigenvalue weighted by molar-refractivity contribution is -0.137. The molecule has 158 valence electrons. The average Bonchev–Trinajstić information content (AvgIpc) is 2.77. The Labute approximate surface area is 174 Å². The van der Waals surface area contributed by atoms with Crippen LogP contribution in [0.1, 0.15) is 24.1 Å². The van der Waals surface area contributed by atoms with E-state index in [0.29, 0.717) is 26.2 Å². The number of ether oxygens (including phenoxy) is 1. The summed E-state index contributed by atoms with van der Waals surface area (Å²) in [5.74, 6) is 0. The van der Waals surface area contributed by atoms with Crippen molar-refractivity contribution in [1.82, 2.24) is 5.32 Å². The Morgan fingerprint density at radius 2 is 1.77 bits per heavy atom. The van der Waals surface area contributed by atoms with Gasteiger partial charge < -0.3 is 15.0 Å². The minimum Gasteiger partial charge on any atom is -0.373 e. The van der Waals surface area contributed by atoms with Gasteiger partial charge in [0.25, 0.3) is 0 Å². The Kier molecular flexibility index (Phi) is 5.97. The minimum absolute atomic E-state index is 0.0292. The third-order valence-corrected chi connectivity index (χ3v) is 5.64. The molecule has 1 saturated heterocycles. The highest BCUT2D eigenvalue weighted by atomic mass is 19.4. The fraction of sp³-hybridized carbons (Fsp3) is 0.333. The first-order chi connectivity index (χ1) is 14.4. The topological polar surface area (TPSA) is 24.5 Å². The van der Waals surface area contributed by atoms with Gasteiger partial charge in [0.2, 0.25) is 0 Å². The number of anilines is 1. The van der Waals surface area contributed by atoms with Crippen molar-refractivity contribution in [3.8, 4) is 0 Å². The standard InChI is InChI=1S/C24H25F3N2O/c1-17(22-8-4-6-18-5-2-3-7-23(18)22)28-15-21-16-29(13-14-30-21)20-11-9-19(10-12-20)24(25,26)27/h2-12,17,21,28H,13-16H2,1H3. The molecule has 30 heavy (non-hydrogen) atoms. The van der Waals surface area contributed by atoms with Crippen molar-refractivity contribution in [2.24, 2.45) is 0 Å². The van der Waals surface area contributed by atoms with Gasteiger partial charge in [0, 0.05) is 31.4 Å². The van der Waals surface area contributed by atoms with Crippen LogP contribution in [-0.4, -0.2) is 32.3 Å². The highest BCUT2D eigenvalue weighted by molar-refractivity contribution is 5.86. The molecule has 1 fully saturated rings. The van der Waals surface area contributed by atoms with Gasteiger partial charge in [-0.25, -0.2) is 0 Å². The van der Waals surface area contributed by atoms with Crippen molar-refractivity contribution in [1.29, 1.82) is 0 Å². The summed E-state index contributed by atoms with van der Waals surface area (Å²) in [7, 11) is 0. The van der Waals surface area contributed by atoms with E-state index in [-0.39, 0.29) is 12.1 Å². The first kappa shape index (κ1) is 20.7. The van der Waals surface area contributed by atoms with Crippen LogP contribution in [0.5, 0.6) is 0 Å². The first-order valence-corrected chi connectivity index (χ1v) is 10.2. The number of nitrogens with one attached hydrogen (secondary N) is 1. The lowest BCUT2D eigenvalue weighted by atomic mass is 9.99. The van der Waals surface area contributed by atoms with Crippen LogP contribution in [0, 0.1) is 0 Å². The number of rotatable bonds is 5. The van der Waals surface area contributed by atoms with Gasteiger partial charge in [-0.3, -0.25) is 0 Å². The molecule has 2 unspecified atom stereocenters. The van der Waals surface area contributed by atoms with Crippen LogP contribution in [0.2, 0.25) is 0 Å². The minimum atomic E-state index is -4.31. The molecule has 0 aliphatic carbocycles. The Hall–Kier alpha value is -2.57. The van der Waals surface area contributed by atoms with Crippen molar-refractivity contribution in [3.63, 3.8) is 0 Å². The van der Waals surface area contributed by atoms with Gasteiger partial charge in [-0.1, -0.05) is 42.5 Å². The third kappa shape index (κ3) is 4.60. The third-order valence-electron chi connectivity index (χ3n) is 5.64. The largest absolute Gasteiger partial charge is 0.416 e. The van der Waals surface area contributed by atoms with Crippen LogP contribution in [-0.2, 0) is 10.9 Å². The second-order valence-corrected chi connectivity index (χ2v) is 7.68. The van der Waals surface area contributed by atoms with E-state index in [9.17, 15) is 13.2 Å². The van der Waals surface area contributed by atoms with Gasteiger partial charge in [0.15, 0.2) is 0 Å². The lowest BCUT2D eigenvalue weighted by Gasteiger charge is -2.35. The number of hydrogen-bond acceptors (Lipinski definition) is 3. The molecule has 2 atom stereocenters. The summed E-state index contributed by atoms with van der Waals surface area (Å²) in [5.41, 5.74) is 1.41. The van der Waals surface area contributed by atoms with Gasteiger partial charge in [0.05, 0.1) is 18.3 Å². The molecule has 1 aliphatic rings. The van der Waals surface area contributed by atoms with E-state index < -0.39 is 11.7 Å². The quantitative estimate of drug-likeness (QED) is 0.604. The fourth-order valence-electron chi connectivity index (χ4n) is 3.98. The highest BCUT2D eigenvalue weighted by Crippen LogP contribution is 2.31. The highest BCUT2D eigenvalue weighted by Gasteiger charge is 2.30. The molecule has 0 radical (unpaired) electrons. The fourth-order valence-corrected chi connectivity index (χ4v) is 3.98. The molecule has 6 heteroatoms. The van der Waals surface area contributed by atoms with Crippen molar-refractivity contribution < 1.29 is 17.9 Å². The second-order valence-electron chi connectivity index (χ2n) is 7.68. The normalized spacial score (nSPS) is 18.5. The van der Waals surface area contributed by atoms with Crippen LogP contribution < -0.4 is 10.2 Å². The monoisotopic (exact) mass is 414 g/mol. The van der Waals surface area contributed by atoms with Crippen molar-refractivity contribution >= 4 is 16.5 Å². The molecule has 3 nitrogen and oxygen atoms in total. The number of alkyl halides is 3. The summed E-state index contributed by atoms with van der Waals surface area (Å²) < 4.78 is 44.3. The van der Waals surface area contributed by atoms with Crippen LogP contribution in [0.4, 0.5) is 18.9 Å². The summed E-state index contributed by atoms with van der Waals surface area (Å²) in [6.07, 6.45) is -4.34.